The van der Waals surface area contributed by atoms with Gasteiger partial charge < -0.3 is 10.6 Å². The van der Waals surface area contributed by atoms with E-state index in [9.17, 15) is 4.79 Å². The lowest BCUT2D eigenvalue weighted by molar-refractivity contribution is -0.122. The van der Waals surface area contributed by atoms with Crippen molar-refractivity contribution < 1.29 is 4.79 Å². The van der Waals surface area contributed by atoms with Crippen LogP contribution in [0.15, 0.2) is 17.5 Å². The molecule has 0 spiro atoms. The lowest BCUT2D eigenvalue weighted by atomic mass is 9.85. The summed E-state index contributed by atoms with van der Waals surface area (Å²) in [6, 6.07) is 4.26. The summed E-state index contributed by atoms with van der Waals surface area (Å²) in [5.74, 6) is 1.85. The number of amides is 1. The summed E-state index contributed by atoms with van der Waals surface area (Å²) in [5.41, 5.74) is 0. The molecule has 3 nitrogen and oxygen atoms in total. The molecule has 2 N–H and O–H groups in total. The smallest absolute Gasteiger partial charge is 0.220 e. The van der Waals surface area contributed by atoms with Crippen molar-refractivity contribution in [3.05, 3.63) is 22.4 Å². The van der Waals surface area contributed by atoms with Crippen LogP contribution in [0.5, 0.6) is 0 Å². The van der Waals surface area contributed by atoms with Gasteiger partial charge in [-0.2, -0.15) is 0 Å². The number of piperidine rings is 1. The van der Waals surface area contributed by atoms with Crippen molar-refractivity contribution in [2.75, 3.05) is 19.6 Å². The third-order valence-corrected chi connectivity index (χ3v) is 5.32. The Morgan fingerprint density at radius 3 is 2.95 bits per heavy atom. The van der Waals surface area contributed by atoms with Gasteiger partial charge in [-0.05, 0) is 61.6 Å². The summed E-state index contributed by atoms with van der Waals surface area (Å²) in [6.07, 6.45) is 4.23. The minimum atomic E-state index is 0. The highest BCUT2D eigenvalue weighted by atomic mass is 35.5. The van der Waals surface area contributed by atoms with Crippen molar-refractivity contribution in [1.29, 1.82) is 0 Å². The van der Waals surface area contributed by atoms with Crippen molar-refractivity contribution in [3.63, 3.8) is 0 Å². The molecule has 1 fully saturated rings. The maximum absolute atomic E-state index is 12.1. The van der Waals surface area contributed by atoms with E-state index >= 15 is 0 Å². The largest absolute Gasteiger partial charge is 0.356 e. The first-order chi connectivity index (χ1) is 10.1. The first-order valence-electron chi connectivity index (χ1n) is 8.15. The number of thiophene rings is 1. The standard InChI is InChI=1S/C17H28N2OS.ClH/c1-13(9-16-6-4-8-21-16)11-19-17(20)10-14(2)15-5-3-7-18-12-15;/h4,6,8,13-15,18H,3,5,7,9-12H2,1-2H3,(H,19,20);1H. The quantitative estimate of drug-likeness (QED) is 0.795. The Morgan fingerprint density at radius 1 is 1.50 bits per heavy atom. The number of nitrogens with one attached hydrogen (secondary N) is 2. The van der Waals surface area contributed by atoms with Crippen LogP contribution in [0.2, 0.25) is 0 Å². The number of halogens is 1. The fraction of sp³-hybridized carbons (Fsp3) is 0.706. The van der Waals surface area contributed by atoms with Gasteiger partial charge in [-0.25, -0.2) is 0 Å². The number of rotatable bonds is 7. The van der Waals surface area contributed by atoms with Crippen molar-refractivity contribution in [2.45, 2.75) is 39.5 Å². The van der Waals surface area contributed by atoms with Gasteiger partial charge in [0.05, 0.1) is 0 Å². The normalized spacial score (nSPS) is 20.7. The van der Waals surface area contributed by atoms with Crippen LogP contribution in [0.3, 0.4) is 0 Å². The van der Waals surface area contributed by atoms with Crippen molar-refractivity contribution >= 4 is 29.7 Å². The van der Waals surface area contributed by atoms with E-state index < -0.39 is 0 Å². The molecule has 0 bridgehead atoms. The molecule has 2 heterocycles. The van der Waals surface area contributed by atoms with E-state index in [1.54, 1.807) is 11.3 Å². The average Bonchev–Trinajstić information content (AvgIpc) is 2.99. The Hall–Kier alpha value is -0.580. The predicted octanol–water partition coefficient (Wildman–Crippen LogP) is 3.49. The Labute approximate surface area is 144 Å². The van der Waals surface area contributed by atoms with Crippen LogP contribution in [0.4, 0.5) is 0 Å². The van der Waals surface area contributed by atoms with Gasteiger partial charge in [0.2, 0.25) is 5.91 Å². The lowest BCUT2D eigenvalue weighted by Gasteiger charge is -2.28. The molecule has 1 aromatic rings. The third-order valence-electron chi connectivity index (χ3n) is 4.42. The molecule has 1 amide bonds. The molecular weight excluding hydrogens is 316 g/mol. The molecule has 0 aromatic carbocycles. The Balaban J connectivity index is 0.00000242. The van der Waals surface area contributed by atoms with E-state index in [2.05, 4.69) is 42.0 Å². The molecule has 1 aliphatic rings. The van der Waals surface area contributed by atoms with Gasteiger partial charge in [0, 0.05) is 17.8 Å². The summed E-state index contributed by atoms with van der Waals surface area (Å²) in [4.78, 5) is 13.5. The third kappa shape index (κ3) is 6.67. The number of hydrogen-bond acceptors (Lipinski definition) is 3. The van der Waals surface area contributed by atoms with Gasteiger partial charge in [-0.15, -0.1) is 23.7 Å². The molecule has 0 aliphatic carbocycles. The van der Waals surface area contributed by atoms with E-state index in [1.165, 1.54) is 17.7 Å². The molecule has 0 saturated carbocycles. The topological polar surface area (TPSA) is 41.1 Å². The van der Waals surface area contributed by atoms with Crippen LogP contribution in [-0.4, -0.2) is 25.5 Å². The zero-order chi connectivity index (χ0) is 15.1. The van der Waals surface area contributed by atoms with Crippen molar-refractivity contribution in [2.24, 2.45) is 17.8 Å². The monoisotopic (exact) mass is 344 g/mol. The van der Waals surface area contributed by atoms with Gasteiger partial charge in [0.25, 0.3) is 0 Å². The fourth-order valence-corrected chi connectivity index (χ4v) is 3.90. The maximum atomic E-state index is 12.1. The van der Waals surface area contributed by atoms with Gasteiger partial charge in [-0.1, -0.05) is 19.9 Å². The SMILES string of the molecule is CC(CNC(=O)CC(C)C1CCCNC1)Cc1cccs1.Cl. The van der Waals surface area contributed by atoms with Crippen LogP contribution in [0, 0.1) is 17.8 Å². The Kier molecular flexibility index (Phi) is 9.06. The summed E-state index contributed by atoms with van der Waals surface area (Å²) in [7, 11) is 0. The molecule has 1 aliphatic heterocycles. The van der Waals surface area contributed by atoms with Gasteiger partial charge in [0.1, 0.15) is 0 Å². The zero-order valence-corrected chi connectivity index (χ0v) is 15.3. The van der Waals surface area contributed by atoms with E-state index in [-0.39, 0.29) is 18.3 Å². The van der Waals surface area contributed by atoms with E-state index in [0.717, 1.165) is 26.1 Å². The van der Waals surface area contributed by atoms with E-state index in [0.29, 0.717) is 24.2 Å². The second-order valence-electron chi connectivity index (χ2n) is 6.48. The number of hydrogen-bond donors (Lipinski definition) is 2. The van der Waals surface area contributed by atoms with Gasteiger partial charge >= 0.3 is 0 Å². The van der Waals surface area contributed by atoms with E-state index in [4.69, 9.17) is 0 Å². The molecule has 1 saturated heterocycles. The first-order valence-corrected chi connectivity index (χ1v) is 9.03. The molecular formula is C17H29ClN2OS. The van der Waals surface area contributed by atoms with E-state index in [1.807, 2.05) is 0 Å². The van der Waals surface area contributed by atoms with Crippen LogP contribution < -0.4 is 10.6 Å². The Bertz CT molecular complexity index is 418. The van der Waals surface area contributed by atoms with Crippen molar-refractivity contribution in [3.8, 4) is 0 Å². The molecule has 3 unspecified atom stereocenters. The second-order valence-corrected chi connectivity index (χ2v) is 7.51. The number of carbonyl (C=O) groups excluding carboxylic acids is 1. The van der Waals surface area contributed by atoms with Gasteiger partial charge in [-0.3, -0.25) is 4.79 Å². The van der Waals surface area contributed by atoms with Gasteiger partial charge in [0.15, 0.2) is 0 Å². The molecule has 0 radical (unpaired) electrons. The number of carbonyl (C=O) groups is 1. The summed E-state index contributed by atoms with van der Waals surface area (Å²) < 4.78 is 0. The van der Waals surface area contributed by atoms with Crippen molar-refractivity contribution in [1.82, 2.24) is 10.6 Å². The summed E-state index contributed by atoms with van der Waals surface area (Å²) in [6.45, 7) is 7.41. The van der Waals surface area contributed by atoms with Crippen LogP contribution in [0.1, 0.15) is 38.0 Å². The molecule has 22 heavy (non-hydrogen) atoms. The van der Waals surface area contributed by atoms with Crippen LogP contribution >= 0.6 is 23.7 Å². The minimum Gasteiger partial charge on any atom is -0.356 e. The highest BCUT2D eigenvalue weighted by Crippen LogP contribution is 2.22. The van der Waals surface area contributed by atoms with Crippen LogP contribution in [-0.2, 0) is 11.2 Å². The predicted molar refractivity (Wildman–Crippen MR) is 96.8 cm³/mol. The first kappa shape index (κ1) is 19.5. The molecule has 126 valence electrons. The maximum Gasteiger partial charge on any atom is 0.220 e. The second kappa shape index (κ2) is 10.2. The Morgan fingerprint density at radius 2 is 2.32 bits per heavy atom. The summed E-state index contributed by atoms with van der Waals surface area (Å²) >= 11 is 1.80. The lowest BCUT2D eigenvalue weighted by Crippen LogP contribution is -2.36. The molecule has 2 rings (SSSR count). The zero-order valence-electron chi connectivity index (χ0n) is 13.6. The average molecular weight is 345 g/mol. The molecule has 1 aromatic heterocycles. The van der Waals surface area contributed by atoms with Crippen LogP contribution in [0.25, 0.3) is 0 Å². The fourth-order valence-electron chi connectivity index (χ4n) is 3.03. The minimum absolute atomic E-state index is 0. The molecule has 5 heteroatoms. The molecule has 3 atom stereocenters. The summed E-state index contributed by atoms with van der Waals surface area (Å²) in [5, 5.41) is 8.66. The highest BCUT2D eigenvalue weighted by Gasteiger charge is 2.22. The highest BCUT2D eigenvalue weighted by molar-refractivity contribution is 7.09.